The van der Waals surface area contributed by atoms with Crippen molar-refractivity contribution < 1.29 is 22.4 Å². The molecule has 1 atom stereocenters. The summed E-state index contributed by atoms with van der Waals surface area (Å²) < 4.78 is 56.0. The number of hydrogen-bond acceptors (Lipinski definition) is 5. The lowest BCUT2D eigenvalue weighted by atomic mass is 9.80. The number of nitrogens with one attached hydrogen (secondary N) is 2. The molecule has 0 unspecified atom stereocenters. The molecule has 1 aliphatic heterocycles. The van der Waals surface area contributed by atoms with Gasteiger partial charge in [-0.25, -0.2) is 9.37 Å². The number of likely N-dealkylation sites (tertiary alicyclic amines) is 1. The monoisotopic (exact) mass is 531 g/mol. The molecule has 2 saturated carbocycles. The maximum Gasteiger partial charge on any atom is 0.417 e. The first kappa shape index (κ1) is 26.6. The Balaban J connectivity index is 1.40. The Morgan fingerprint density at radius 1 is 1.18 bits per heavy atom. The quantitative estimate of drug-likeness (QED) is 0.452. The minimum Gasteiger partial charge on any atom is -0.370 e. The number of carbonyl (C=O) groups excluding carboxylic acids is 1. The molecule has 1 aromatic heterocycles. The molecule has 1 saturated heterocycles. The van der Waals surface area contributed by atoms with E-state index in [1.54, 1.807) is 24.3 Å². The zero-order chi connectivity index (χ0) is 27.0. The summed E-state index contributed by atoms with van der Waals surface area (Å²) in [6.45, 7) is 5.09. The van der Waals surface area contributed by atoms with E-state index in [4.69, 9.17) is 0 Å². The second-order valence-corrected chi connectivity index (χ2v) is 10.8. The second-order valence-electron chi connectivity index (χ2n) is 10.8. The largest absolute Gasteiger partial charge is 0.417 e. The average Bonchev–Trinajstić information content (AvgIpc) is 3.71. The van der Waals surface area contributed by atoms with Gasteiger partial charge in [0.15, 0.2) is 0 Å². The number of aliphatic imine (C=N–C) groups is 1. The molecule has 38 heavy (non-hydrogen) atoms. The van der Waals surface area contributed by atoms with Crippen LogP contribution in [0.5, 0.6) is 0 Å². The van der Waals surface area contributed by atoms with Crippen LogP contribution in [0.4, 0.5) is 29.1 Å². The summed E-state index contributed by atoms with van der Waals surface area (Å²) in [5, 5.41) is 6.98. The third kappa shape index (κ3) is 6.00. The van der Waals surface area contributed by atoms with E-state index in [-0.39, 0.29) is 40.7 Å². The van der Waals surface area contributed by atoms with Gasteiger partial charge in [0, 0.05) is 48.8 Å². The highest BCUT2D eigenvalue weighted by atomic mass is 19.4. The molecule has 5 rings (SSSR count). The molecule has 2 aromatic rings. The predicted octanol–water partition coefficient (Wildman–Crippen LogP) is 5.66. The van der Waals surface area contributed by atoms with E-state index in [1.165, 1.54) is 0 Å². The van der Waals surface area contributed by atoms with Gasteiger partial charge >= 0.3 is 6.18 Å². The number of alkyl halides is 4. The molecule has 204 valence electrons. The number of benzene rings is 1. The summed E-state index contributed by atoms with van der Waals surface area (Å²) >= 11 is 0. The van der Waals surface area contributed by atoms with Gasteiger partial charge in [-0.2, -0.15) is 13.2 Å². The molecule has 2 N–H and O–H groups in total. The Morgan fingerprint density at radius 3 is 2.66 bits per heavy atom. The van der Waals surface area contributed by atoms with Crippen LogP contribution in [0.1, 0.15) is 44.2 Å². The number of carbonyl (C=O) groups is 1. The zero-order valence-corrected chi connectivity index (χ0v) is 21.5. The Morgan fingerprint density at radius 2 is 1.95 bits per heavy atom. The summed E-state index contributed by atoms with van der Waals surface area (Å²) in [5.74, 6) is 0.849. The second kappa shape index (κ2) is 10.6. The number of pyridine rings is 1. The average molecular weight is 532 g/mol. The van der Waals surface area contributed by atoms with Crippen LogP contribution in [0.3, 0.4) is 0 Å². The van der Waals surface area contributed by atoms with E-state index in [0.717, 1.165) is 25.7 Å². The number of aromatic nitrogens is 1. The third-order valence-corrected chi connectivity index (χ3v) is 7.72. The van der Waals surface area contributed by atoms with Crippen LogP contribution in [0.15, 0.2) is 35.8 Å². The van der Waals surface area contributed by atoms with E-state index in [0.29, 0.717) is 49.3 Å². The normalized spacial score (nSPS) is 25.6. The third-order valence-electron chi connectivity index (χ3n) is 7.72. The van der Waals surface area contributed by atoms with Gasteiger partial charge in [0.05, 0.1) is 22.7 Å². The molecule has 10 heteroatoms. The highest BCUT2D eigenvalue weighted by Gasteiger charge is 2.37. The first-order valence-electron chi connectivity index (χ1n) is 13.2. The summed E-state index contributed by atoms with van der Waals surface area (Å²) in [6.07, 6.45) is -1.54. The van der Waals surface area contributed by atoms with Crippen molar-refractivity contribution in [3.05, 3.63) is 36.5 Å². The van der Waals surface area contributed by atoms with Crippen LogP contribution in [-0.2, 0) is 4.79 Å². The number of allylic oxidation sites excluding steroid dienone is 1. The predicted molar refractivity (Wildman–Crippen MR) is 141 cm³/mol. The number of fused-ring (bicyclic) bond motifs is 1. The zero-order valence-electron chi connectivity index (χ0n) is 21.5. The highest BCUT2D eigenvalue weighted by molar-refractivity contribution is 6.03. The molecule has 2 heterocycles. The lowest BCUT2D eigenvalue weighted by molar-refractivity contribution is -0.123. The fraction of sp³-hybridized carbons (Fsp3) is 0.536. The Bertz CT molecular complexity index is 1250. The molecule has 3 aliphatic rings. The van der Waals surface area contributed by atoms with Crippen molar-refractivity contribution in [1.29, 1.82) is 0 Å². The van der Waals surface area contributed by atoms with E-state index >= 15 is 0 Å². The minimum absolute atomic E-state index is 0.123. The number of anilines is 1. The molecular weight excluding hydrogens is 498 g/mol. The fourth-order valence-corrected chi connectivity index (χ4v) is 5.10. The van der Waals surface area contributed by atoms with Crippen molar-refractivity contribution in [2.45, 2.75) is 56.9 Å². The lowest BCUT2D eigenvalue weighted by Crippen LogP contribution is -2.46. The van der Waals surface area contributed by atoms with Crippen molar-refractivity contribution in [2.75, 3.05) is 32.0 Å². The Labute approximate surface area is 219 Å². The van der Waals surface area contributed by atoms with Gasteiger partial charge in [0.1, 0.15) is 12.0 Å². The first-order chi connectivity index (χ1) is 18.1. The molecule has 1 aromatic carbocycles. The first-order valence-corrected chi connectivity index (χ1v) is 13.2. The smallest absolute Gasteiger partial charge is 0.370 e. The number of nitrogens with zero attached hydrogens (tertiary/aromatic N) is 3. The summed E-state index contributed by atoms with van der Waals surface area (Å²) in [6, 6.07) is 6.71. The van der Waals surface area contributed by atoms with Crippen molar-refractivity contribution in [1.82, 2.24) is 15.2 Å². The fourth-order valence-electron chi connectivity index (χ4n) is 5.10. The highest BCUT2D eigenvalue weighted by Crippen LogP contribution is 2.39. The van der Waals surface area contributed by atoms with Crippen molar-refractivity contribution in [3.8, 4) is 0 Å². The SMILES string of the molecule is C=C(c1nc(NCC2CC(NC(=O)C3CC3)C2)cc2c(N=C3CCN(C)CC[C@@H]3F)cccc12)C(F)(F)F. The van der Waals surface area contributed by atoms with Crippen molar-refractivity contribution in [2.24, 2.45) is 16.8 Å². The number of halogens is 4. The standard InChI is InChI=1S/C28H33F4N5O/c1-16(28(30,31)32)26-20-4-3-5-23(35-24-9-11-37(2)10-8-22(24)29)21(20)14-25(36-26)33-15-17-12-19(13-17)34-27(38)18-6-7-18/h3-5,14,17-19,22H,1,6-13,15H2,2H3,(H,33,36)(H,34,38)/t17?,19?,22-/m0/s1. The molecular formula is C28H33F4N5O. The van der Waals surface area contributed by atoms with Gasteiger partial charge in [0.2, 0.25) is 5.91 Å². The van der Waals surface area contributed by atoms with Crippen LogP contribution in [0.25, 0.3) is 16.3 Å². The number of hydrogen-bond donors (Lipinski definition) is 2. The number of amides is 1. The molecule has 0 radical (unpaired) electrons. The molecule has 1 amide bonds. The molecule has 0 bridgehead atoms. The van der Waals surface area contributed by atoms with Gasteiger partial charge in [-0.3, -0.25) is 9.79 Å². The van der Waals surface area contributed by atoms with E-state index < -0.39 is 17.9 Å². The maximum atomic E-state index is 14.9. The van der Waals surface area contributed by atoms with Crippen LogP contribution in [0.2, 0.25) is 0 Å². The summed E-state index contributed by atoms with van der Waals surface area (Å²) in [7, 11) is 1.93. The van der Waals surface area contributed by atoms with Crippen LogP contribution in [0, 0.1) is 11.8 Å². The topological polar surface area (TPSA) is 69.6 Å². The lowest BCUT2D eigenvalue weighted by Gasteiger charge is -2.36. The van der Waals surface area contributed by atoms with Gasteiger partial charge in [-0.05, 0) is 57.2 Å². The van der Waals surface area contributed by atoms with Crippen molar-refractivity contribution >= 4 is 39.5 Å². The van der Waals surface area contributed by atoms with E-state index in [2.05, 4.69) is 27.2 Å². The van der Waals surface area contributed by atoms with Gasteiger partial charge in [0.25, 0.3) is 0 Å². The number of rotatable bonds is 7. The van der Waals surface area contributed by atoms with Gasteiger partial charge in [-0.1, -0.05) is 18.7 Å². The van der Waals surface area contributed by atoms with E-state index in [1.807, 2.05) is 11.9 Å². The molecule has 3 fully saturated rings. The maximum absolute atomic E-state index is 14.9. The molecule has 6 nitrogen and oxygen atoms in total. The Kier molecular flexibility index (Phi) is 7.44. The summed E-state index contributed by atoms with van der Waals surface area (Å²) in [5.41, 5.74) is -0.488. The van der Waals surface area contributed by atoms with Crippen molar-refractivity contribution in [3.63, 3.8) is 0 Å². The molecule has 0 spiro atoms. The Hall–Kier alpha value is -3.01. The van der Waals surface area contributed by atoms with Crippen LogP contribution < -0.4 is 10.6 Å². The minimum atomic E-state index is -4.66. The van der Waals surface area contributed by atoms with Crippen LogP contribution >= 0.6 is 0 Å². The van der Waals surface area contributed by atoms with Gasteiger partial charge in [-0.15, -0.1) is 0 Å². The van der Waals surface area contributed by atoms with Gasteiger partial charge < -0.3 is 15.5 Å². The van der Waals surface area contributed by atoms with E-state index in [9.17, 15) is 22.4 Å². The van der Waals surface area contributed by atoms with Crippen LogP contribution in [-0.4, -0.2) is 66.6 Å². The molecule has 2 aliphatic carbocycles. The summed E-state index contributed by atoms with van der Waals surface area (Å²) in [4.78, 5) is 22.9.